The highest BCUT2D eigenvalue weighted by Gasteiger charge is 0.588. The first kappa shape index (κ1) is 30.4. The molecule has 4 heteroatoms. The van der Waals surface area contributed by atoms with Crippen LogP contribution in [-0.2, 0) is 0 Å². The van der Waals surface area contributed by atoms with Crippen molar-refractivity contribution in [3.05, 3.63) is 4.91 Å². The number of halogens is 2. The van der Waals surface area contributed by atoms with Gasteiger partial charge in [-0.2, -0.15) is 4.91 Å². The van der Waals surface area contributed by atoms with Crippen molar-refractivity contribution in [2.75, 3.05) is 0 Å². The third kappa shape index (κ3) is 93.7. The van der Waals surface area contributed by atoms with E-state index in [-0.39, 0.29) is 24.8 Å². The molecule has 0 aliphatic rings. The zero-order valence-corrected chi connectivity index (χ0v) is 3.36. The van der Waals surface area contributed by atoms with E-state index in [1.54, 1.807) is 0 Å². The Morgan fingerprint density at radius 1 is 1.00 bits per heavy atom. The minimum absolute atomic E-state index is 0. The number of hydrogen-bond donors (Lipinski definition) is 1. The quantitative estimate of drug-likeness (QED) is 0.460. The van der Waals surface area contributed by atoms with Gasteiger partial charge in [-0.1, -0.05) is 5.59 Å². The predicted molar refractivity (Wildman–Crippen MR) is 20.6 cm³/mol. The third-order valence-electron chi connectivity index (χ3n) is 0. The summed E-state index contributed by atoms with van der Waals surface area (Å²) in [4.78, 5) is 7.50. The van der Waals surface area contributed by atoms with E-state index in [4.69, 9.17) is 4.91 Å². The van der Waals surface area contributed by atoms with E-state index in [0.29, 0.717) is 0 Å². The van der Waals surface area contributed by atoms with Gasteiger partial charge in [0.05, 0.1) is 0 Å². The standard InChI is InChI=1S/2ClH.HNO/c;;1-2/h2*1H;1H. The maximum Gasteiger partial charge on any atom is -0.0850 e. The van der Waals surface area contributed by atoms with E-state index in [0.717, 1.165) is 0 Å². The van der Waals surface area contributed by atoms with Gasteiger partial charge in [0, 0.05) is 0 Å². The van der Waals surface area contributed by atoms with Crippen molar-refractivity contribution in [1.29, 1.82) is 5.59 Å². The molecular weight excluding hydrogens is 101 g/mol. The molecule has 4 heavy (non-hydrogen) atoms. The molecule has 0 rings (SSSR count). The second-order valence-electron chi connectivity index (χ2n) is 0. The molecule has 2 nitrogen and oxygen atoms in total. The lowest BCUT2D eigenvalue weighted by atomic mass is 13.8. The van der Waals surface area contributed by atoms with Gasteiger partial charge < -0.3 is 0 Å². The van der Waals surface area contributed by atoms with Crippen LogP contribution in [0.1, 0.15) is 0 Å². The molecule has 0 saturated carbocycles. The van der Waals surface area contributed by atoms with Crippen LogP contribution < -0.4 is 0 Å². The van der Waals surface area contributed by atoms with E-state index >= 15 is 0 Å². The molecule has 0 aromatic heterocycles. The Bertz CT molecular complexity index is 6.00. The zero-order valence-electron chi connectivity index (χ0n) is 1.72. The fourth-order valence-corrected chi connectivity index (χ4v) is 0. The Kier molecular flexibility index (Phi) is 3540. The van der Waals surface area contributed by atoms with Gasteiger partial charge in [0.25, 0.3) is 0 Å². The molecule has 0 aromatic carbocycles. The van der Waals surface area contributed by atoms with Crippen LogP contribution in [0, 0.1) is 10.5 Å². The Labute approximate surface area is 36.2 Å². The molecule has 0 saturated heterocycles. The highest BCUT2D eigenvalue weighted by molar-refractivity contribution is 5.85. The third-order valence-corrected chi connectivity index (χ3v) is 0. The number of rotatable bonds is 0. The predicted octanol–water partition coefficient (Wildman–Crippen LogP) is 1.18. The van der Waals surface area contributed by atoms with Crippen LogP contribution >= 0.6 is 24.8 Å². The summed E-state index contributed by atoms with van der Waals surface area (Å²) in [6.45, 7) is 0. The topological polar surface area (TPSA) is 40.9 Å². The molecule has 0 unspecified atom stereocenters. The van der Waals surface area contributed by atoms with Gasteiger partial charge in [-0.3, -0.25) is 0 Å². The molecule has 0 aromatic rings. The van der Waals surface area contributed by atoms with E-state index < -0.39 is 0 Å². The molecule has 0 atom stereocenters. The number of hydrogen-bond acceptors (Lipinski definition) is 2. The van der Waals surface area contributed by atoms with Gasteiger partial charge >= 0.3 is 0 Å². The van der Waals surface area contributed by atoms with Gasteiger partial charge in [-0.15, -0.1) is 24.8 Å². The summed E-state index contributed by atoms with van der Waals surface area (Å²) < 4.78 is 0. The van der Waals surface area contributed by atoms with Gasteiger partial charge in [-0.05, 0) is 0 Å². The fourth-order valence-electron chi connectivity index (χ4n) is 0. The summed E-state index contributed by atoms with van der Waals surface area (Å²) in [6.07, 6.45) is 0. The molecule has 0 fully saturated rings. The van der Waals surface area contributed by atoms with Crippen LogP contribution in [0.4, 0.5) is 0 Å². The molecule has 0 aliphatic heterocycles. The normalized spacial score (nSPS) is 1.00. The number of nitrogens with one attached hydrogen (secondary N) is 1. The average molecular weight is 104 g/mol. The molecule has 0 amide bonds. The fraction of sp³-hybridized carbons (Fsp3) is 0. The maximum atomic E-state index is 7.50. The summed E-state index contributed by atoms with van der Waals surface area (Å²) in [5.74, 6) is 0. The van der Waals surface area contributed by atoms with E-state index in [2.05, 4.69) is 5.59 Å². The van der Waals surface area contributed by atoms with Crippen LogP contribution in [0.5, 0.6) is 0 Å². The molecule has 1 N–H and O–H groups in total. The van der Waals surface area contributed by atoms with Gasteiger partial charge in [0.15, 0.2) is 0 Å². The molecule has 0 bridgehead atoms. The van der Waals surface area contributed by atoms with Gasteiger partial charge in [-0.25, -0.2) is 0 Å². The molecular formula is H3Cl2NO. The van der Waals surface area contributed by atoms with Crippen LogP contribution in [0.25, 0.3) is 0 Å². The minimum atomic E-state index is 0. The Hall–Kier alpha value is 0.180. The first-order valence-corrected chi connectivity index (χ1v) is 0.204. The second kappa shape index (κ2) is 466. The van der Waals surface area contributed by atoms with E-state index in [1.807, 2.05) is 0 Å². The van der Waals surface area contributed by atoms with Crippen molar-refractivity contribution >= 4 is 24.8 Å². The van der Waals surface area contributed by atoms with Crippen molar-refractivity contribution in [2.24, 2.45) is 0 Å². The zero-order chi connectivity index (χ0) is 2.00. The van der Waals surface area contributed by atoms with Crippen LogP contribution in [0.15, 0.2) is 0 Å². The minimum Gasteiger partial charge on any atom is -0.154 e. The second-order valence-corrected chi connectivity index (χ2v) is 0. The summed E-state index contributed by atoms with van der Waals surface area (Å²) >= 11 is 0. The van der Waals surface area contributed by atoms with Crippen molar-refractivity contribution < 1.29 is 0 Å². The molecule has 0 radical (unpaired) electrons. The SMILES string of the molecule is Cl.Cl.N=O. The van der Waals surface area contributed by atoms with Crippen molar-refractivity contribution in [1.82, 2.24) is 0 Å². The van der Waals surface area contributed by atoms with Crippen LogP contribution in [0.3, 0.4) is 0 Å². The smallest absolute Gasteiger partial charge is 0.0850 e. The lowest BCUT2D eigenvalue weighted by Gasteiger charge is -0.827. The molecule has 0 spiro atoms. The Balaban J connectivity index is -0.00000000500. The first-order valence-electron chi connectivity index (χ1n) is 0.204. The lowest BCUT2D eigenvalue weighted by Crippen LogP contribution is -0.649. The van der Waals surface area contributed by atoms with Gasteiger partial charge in [0.1, 0.15) is 0 Å². The van der Waals surface area contributed by atoms with Crippen molar-refractivity contribution in [3.8, 4) is 0 Å². The van der Waals surface area contributed by atoms with E-state index in [9.17, 15) is 0 Å². The van der Waals surface area contributed by atoms with Crippen molar-refractivity contribution in [2.45, 2.75) is 0 Å². The van der Waals surface area contributed by atoms with Crippen LogP contribution in [0.2, 0.25) is 0 Å². The summed E-state index contributed by atoms with van der Waals surface area (Å²) in [5, 5.41) is 0. The molecule has 28 valence electrons. The first-order chi connectivity index (χ1) is 1.00. The van der Waals surface area contributed by atoms with Crippen molar-refractivity contribution in [3.63, 3.8) is 0 Å². The summed E-state index contributed by atoms with van der Waals surface area (Å²) in [6, 6.07) is 0. The number of nitroso groups, excluding NO2 is 1. The molecule has 0 heterocycles. The Morgan fingerprint density at radius 3 is 1.00 bits per heavy atom. The highest BCUT2D eigenvalue weighted by atomic mass is 35.5. The van der Waals surface area contributed by atoms with E-state index in [1.165, 1.54) is 0 Å². The maximum absolute atomic E-state index is 7.50. The monoisotopic (exact) mass is 103 g/mol. The molecule has 0 aliphatic carbocycles. The average Bonchev–Trinajstić information content (AvgIpc) is 1.00. The van der Waals surface area contributed by atoms with Crippen LogP contribution in [-0.4, -0.2) is 0 Å². The summed E-state index contributed by atoms with van der Waals surface area (Å²) in [7, 11) is 0. The lowest BCUT2D eigenvalue weighted by molar-refractivity contribution is 1.49. The van der Waals surface area contributed by atoms with Gasteiger partial charge in [0.2, 0.25) is 0 Å². The largest absolute Gasteiger partial charge is 0.154 e. The highest BCUT2D eigenvalue weighted by Crippen LogP contribution is 0.766. The summed E-state index contributed by atoms with van der Waals surface area (Å²) in [5.41, 5.74) is 4.50. The Morgan fingerprint density at radius 2 is 1.00 bits per heavy atom.